The van der Waals surface area contributed by atoms with Crippen molar-refractivity contribution in [2.24, 2.45) is 0 Å². The van der Waals surface area contributed by atoms with E-state index >= 15 is 0 Å². The van der Waals surface area contributed by atoms with Crippen LogP contribution in [0.4, 0.5) is 0 Å². The molecule has 0 radical (unpaired) electrons. The molecule has 2 aromatic carbocycles. The van der Waals surface area contributed by atoms with E-state index in [0.717, 1.165) is 17.0 Å². The molecule has 7 heteroatoms. The molecule has 0 unspecified atom stereocenters. The minimum atomic E-state index is -0.642. The third-order valence-electron chi connectivity index (χ3n) is 6.36. The Labute approximate surface area is 209 Å². The number of hydrogen-bond acceptors (Lipinski definition) is 5. The lowest BCUT2D eigenvalue weighted by molar-refractivity contribution is -0.139. The molecule has 4 rings (SSSR count). The van der Waals surface area contributed by atoms with Gasteiger partial charge >= 0.3 is 5.97 Å². The maximum Gasteiger partial charge on any atom is 0.336 e. The van der Waals surface area contributed by atoms with Gasteiger partial charge in [0.25, 0.3) is 0 Å². The van der Waals surface area contributed by atoms with E-state index in [-0.39, 0.29) is 11.7 Å². The maximum absolute atomic E-state index is 13.6. The topological polar surface area (TPSA) is 64.6 Å². The minimum Gasteiger partial charge on any atom is -0.497 e. The molecule has 1 N–H and O–H groups in total. The fraction of sp³-hybridized carbons (Fsp3) is 0.333. The molecule has 1 aliphatic heterocycles. The molecule has 178 valence electrons. The predicted molar refractivity (Wildman–Crippen MR) is 133 cm³/mol. The van der Waals surface area contributed by atoms with Gasteiger partial charge in [-0.05, 0) is 55.0 Å². The van der Waals surface area contributed by atoms with Gasteiger partial charge < -0.3 is 14.8 Å². The van der Waals surface area contributed by atoms with Crippen LogP contribution in [0, 0.1) is 0 Å². The highest BCUT2D eigenvalue weighted by Crippen LogP contribution is 2.48. The molecular formula is C27H27Cl2NO4. The van der Waals surface area contributed by atoms with E-state index in [0.29, 0.717) is 58.3 Å². The van der Waals surface area contributed by atoms with Crippen molar-refractivity contribution in [3.8, 4) is 5.75 Å². The number of Topliss-reactive ketones (excluding diaryl/α,β-unsaturated/α-hetero) is 1. The van der Waals surface area contributed by atoms with Crippen molar-refractivity contribution in [2.75, 3.05) is 13.7 Å². The van der Waals surface area contributed by atoms with E-state index in [1.807, 2.05) is 44.2 Å². The lowest BCUT2D eigenvalue weighted by Crippen LogP contribution is -2.36. The Kier molecular flexibility index (Phi) is 7.34. The third-order valence-corrected chi connectivity index (χ3v) is 7.20. The Morgan fingerprint density at radius 3 is 2.53 bits per heavy atom. The van der Waals surface area contributed by atoms with Crippen LogP contribution in [0.2, 0.25) is 10.0 Å². The second kappa shape index (κ2) is 10.2. The van der Waals surface area contributed by atoms with Gasteiger partial charge in [-0.1, -0.05) is 54.4 Å². The summed E-state index contributed by atoms with van der Waals surface area (Å²) in [6.07, 6.45) is 1.67. The number of carbonyl (C=O) groups excluding carboxylic acids is 2. The molecule has 1 aliphatic carbocycles. The number of carbonyl (C=O) groups is 2. The van der Waals surface area contributed by atoms with Crippen LogP contribution >= 0.6 is 23.2 Å². The summed E-state index contributed by atoms with van der Waals surface area (Å²) < 4.78 is 10.8. The lowest BCUT2D eigenvalue weighted by Gasteiger charge is -2.37. The number of hydrogen-bond donors (Lipinski definition) is 1. The van der Waals surface area contributed by atoms with Crippen LogP contribution in [0.25, 0.3) is 0 Å². The van der Waals surface area contributed by atoms with Crippen LogP contribution in [0.5, 0.6) is 5.75 Å². The molecule has 0 saturated heterocycles. The molecule has 0 bridgehead atoms. The zero-order valence-corrected chi connectivity index (χ0v) is 20.9. The van der Waals surface area contributed by atoms with Crippen molar-refractivity contribution in [3.63, 3.8) is 0 Å². The molecule has 0 amide bonds. The van der Waals surface area contributed by atoms with Crippen LogP contribution in [0.3, 0.4) is 0 Å². The highest BCUT2D eigenvalue weighted by atomic mass is 35.5. The highest BCUT2D eigenvalue weighted by molar-refractivity contribution is 6.42. The Balaban J connectivity index is 1.79. The van der Waals surface area contributed by atoms with Gasteiger partial charge in [0.15, 0.2) is 5.78 Å². The quantitative estimate of drug-likeness (QED) is 0.471. The fourth-order valence-electron chi connectivity index (χ4n) is 4.75. The number of halogens is 2. The first kappa shape index (κ1) is 24.4. The third kappa shape index (κ3) is 4.59. The van der Waals surface area contributed by atoms with Crippen molar-refractivity contribution < 1.29 is 19.1 Å². The number of esters is 1. The number of allylic oxidation sites excluding steroid dienone is 3. The number of methoxy groups -OCH3 is 1. The van der Waals surface area contributed by atoms with Crippen LogP contribution < -0.4 is 10.1 Å². The summed E-state index contributed by atoms with van der Waals surface area (Å²) in [5.74, 6) is -0.336. The molecular weight excluding hydrogens is 473 g/mol. The van der Waals surface area contributed by atoms with Gasteiger partial charge in [0, 0.05) is 29.3 Å². The molecule has 5 nitrogen and oxygen atoms in total. The first-order chi connectivity index (χ1) is 16.3. The number of benzene rings is 2. The summed E-state index contributed by atoms with van der Waals surface area (Å²) in [6, 6.07) is 13.1. The Morgan fingerprint density at radius 2 is 1.85 bits per heavy atom. The molecule has 2 aliphatic rings. The SMILES string of the molecule is CCCOC(=O)C1=C(C)NC2=C(C(=O)C[C@@H](c3ccc(OC)cc3)C2)[C@H]1c1cccc(Cl)c1Cl. The van der Waals surface area contributed by atoms with E-state index in [2.05, 4.69) is 5.32 Å². The van der Waals surface area contributed by atoms with Crippen LogP contribution in [-0.2, 0) is 14.3 Å². The Hall–Kier alpha value is -2.76. The van der Waals surface area contributed by atoms with E-state index in [9.17, 15) is 9.59 Å². The molecule has 34 heavy (non-hydrogen) atoms. The molecule has 0 saturated carbocycles. The number of rotatable bonds is 6. The van der Waals surface area contributed by atoms with Crippen molar-refractivity contribution in [1.82, 2.24) is 5.32 Å². The van der Waals surface area contributed by atoms with E-state index in [1.165, 1.54) is 0 Å². The highest BCUT2D eigenvalue weighted by Gasteiger charge is 2.42. The Morgan fingerprint density at radius 1 is 1.12 bits per heavy atom. The summed E-state index contributed by atoms with van der Waals surface area (Å²) in [6.45, 7) is 4.06. The smallest absolute Gasteiger partial charge is 0.336 e. The normalized spacial score (nSPS) is 20.1. The molecule has 0 fully saturated rings. The van der Waals surface area contributed by atoms with E-state index in [1.54, 1.807) is 19.2 Å². The zero-order valence-electron chi connectivity index (χ0n) is 19.4. The van der Waals surface area contributed by atoms with Crippen molar-refractivity contribution in [1.29, 1.82) is 0 Å². The Bertz CT molecular complexity index is 1180. The second-order valence-corrected chi connectivity index (χ2v) is 9.35. The lowest BCUT2D eigenvalue weighted by atomic mass is 9.71. The average molecular weight is 500 g/mol. The summed E-state index contributed by atoms with van der Waals surface area (Å²) in [7, 11) is 1.63. The van der Waals surface area contributed by atoms with Crippen LogP contribution in [-0.4, -0.2) is 25.5 Å². The summed E-state index contributed by atoms with van der Waals surface area (Å²) in [5, 5.41) is 4.06. The number of ketones is 1. The van der Waals surface area contributed by atoms with Crippen molar-refractivity contribution in [2.45, 2.75) is 44.9 Å². The molecule has 0 spiro atoms. The summed E-state index contributed by atoms with van der Waals surface area (Å²) in [5.41, 5.74) is 4.11. The summed E-state index contributed by atoms with van der Waals surface area (Å²) in [4.78, 5) is 26.8. The van der Waals surface area contributed by atoms with Gasteiger partial charge in [-0.25, -0.2) is 4.79 Å². The van der Waals surface area contributed by atoms with Gasteiger partial charge in [0.2, 0.25) is 0 Å². The van der Waals surface area contributed by atoms with Crippen LogP contribution in [0.1, 0.15) is 56.1 Å². The largest absolute Gasteiger partial charge is 0.497 e. The van der Waals surface area contributed by atoms with Gasteiger partial charge in [0.05, 0.1) is 29.3 Å². The van der Waals surface area contributed by atoms with Gasteiger partial charge in [-0.3, -0.25) is 4.79 Å². The zero-order chi connectivity index (χ0) is 24.4. The van der Waals surface area contributed by atoms with E-state index < -0.39 is 11.9 Å². The standard InChI is InChI=1S/C27H27Cl2NO4/c1-4-12-34-27(32)23-15(2)30-21-13-17(16-8-10-18(33-3)11-9-16)14-22(31)25(21)24(23)19-6-5-7-20(28)26(19)29/h5-11,17,24,30H,4,12-14H2,1-3H3/t17-,24-/m0/s1. The van der Waals surface area contributed by atoms with Gasteiger partial charge in [-0.15, -0.1) is 0 Å². The molecule has 1 heterocycles. The van der Waals surface area contributed by atoms with Crippen molar-refractivity contribution in [3.05, 3.63) is 86.2 Å². The minimum absolute atomic E-state index is 0.0153. The second-order valence-electron chi connectivity index (χ2n) is 8.57. The molecule has 2 atom stereocenters. The fourth-order valence-corrected chi connectivity index (χ4v) is 5.17. The number of ether oxygens (including phenoxy) is 2. The first-order valence-electron chi connectivity index (χ1n) is 11.3. The van der Waals surface area contributed by atoms with Crippen molar-refractivity contribution >= 4 is 35.0 Å². The number of dihydropyridines is 1. The average Bonchev–Trinajstić information content (AvgIpc) is 2.83. The monoisotopic (exact) mass is 499 g/mol. The number of nitrogens with one attached hydrogen (secondary N) is 1. The maximum atomic E-state index is 13.6. The van der Waals surface area contributed by atoms with Crippen LogP contribution in [0.15, 0.2) is 65.0 Å². The van der Waals surface area contributed by atoms with Gasteiger partial charge in [-0.2, -0.15) is 0 Å². The first-order valence-corrected chi connectivity index (χ1v) is 12.1. The molecule has 0 aromatic heterocycles. The van der Waals surface area contributed by atoms with Gasteiger partial charge in [0.1, 0.15) is 5.75 Å². The molecule has 2 aromatic rings. The van der Waals surface area contributed by atoms with E-state index in [4.69, 9.17) is 32.7 Å². The summed E-state index contributed by atoms with van der Waals surface area (Å²) >= 11 is 12.9. The predicted octanol–water partition coefficient (Wildman–Crippen LogP) is 6.32.